The molecule has 14 heavy (non-hydrogen) atoms. The van der Waals surface area contributed by atoms with Crippen molar-refractivity contribution in [2.45, 2.75) is 26.7 Å². The molecule has 2 nitrogen and oxygen atoms in total. The second-order valence-corrected chi connectivity index (χ2v) is 3.54. The van der Waals surface area contributed by atoms with Gasteiger partial charge in [0, 0.05) is 10.0 Å². The largest absolute Gasteiger partial charge is 0.426 e. The molecular weight excluding hydrogens is 244 g/mol. The lowest BCUT2D eigenvalue weighted by Gasteiger charge is -2.15. The number of hydrogen-bond acceptors (Lipinski definition) is 2. The van der Waals surface area contributed by atoms with Gasteiger partial charge < -0.3 is 4.74 Å². The first kappa shape index (κ1) is 11.2. The van der Waals surface area contributed by atoms with Crippen LogP contribution in [-0.4, -0.2) is 5.97 Å². The minimum absolute atomic E-state index is 0.138. The van der Waals surface area contributed by atoms with E-state index >= 15 is 0 Å². The van der Waals surface area contributed by atoms with Crippen LogP contribution < -0.4 is 4.74 Å². The Labute approximate surface area is 92.4 Å². The lowest BCUT2D eigenvalue weighted by atomic mass is 10.1. The van der Waals surface area contributed by atoms with Crippen LogP contribution in [0.25, 0.3) is 0 Å². The average molecular weight is 257 g/mol. The smallest absolute Gasteiger partial charge is 0.311 e. The summed E-state index contributed by atoms with van der Waals surface area (Å²) in [6, 6.07) is 5.64. The SMILES string of the molecule is CC.O=C1CCc2c(Br)cccc2O1. The van der Waals surface area contributed by atoms with Gasteiger partial charge in [-0.3, -0.25) is 4.79 Å². The molecule has 0 unspecified atom stereocenters. The lowest BCUT2D eigenvalue weighted by Crippen LogP contribution is -2.15. The first-order valence-corrected chi connectivity index (χ1v) is 5.55. The minimum atomic E-state index is -0.138. The van der Waals surface area contributed by atoms with E-state index in [0.29, 0.717) is 12.2 Å². The molecule has 0 saturated heterocycles. The normalized spacial score (nSPS) is 13.5. The van der Waals surface area contributed by atoms with Gasteiger partial charge in [0.05, 0.1) is 6.42 Å². The molecule has 0 radical (unpaired) electrons. The minimum Gasteiger partial charge on any atom is -0.426 e. The lowest BCUT2D eigenvalue weighted by molar-refractivity contribution is -0.135. The molecule has 1 aromatic carbocycles. The average Bonchev–Trinajstić information content (AvgIpc) is 2.21. The third-order valence-electron chi connectivity index (χ3n) is 1.88. The molecule has 0 bridgehead atoms. The maximum absolute atomic E-state index is 10.9. The van der Waals surface area contributed by atoms with Gasteiger partial charge in [0.15, 0.2) is 0 Å². The van der Waals surface area contributed by atoms with Gasteiger partial charge in [-0.2, -0.15) is 0 Å². The van der Waals surface area contributed by atoms with Crippen LogP contribution in [0.5, 0.6) is 5.75 Å². The van der Waals surface area contributed by atoms with Gasteiger partial charge in [-0.1, -0.05) is 35.8 Å². The number of benzene rings is 1. The molecule has 0 saturated carbocycles. The molecule has 1 heterocycles. The Morgan fingerprint density at radius 1 is 1.29 bits per heavy atom. The second-order valence-electron chi connectivity index (χ2n) is 2.69. The number of fused-ring (bicyclic) bond motifs is 1. The van der Waals surface area contributed by atoms with Gasteiger partial charge in [-0.15, -0.1) is 0 Å². The van der Waals surface area contributed by atoms with E-state index in [4.69, 9.17) is 4.74 Å². The molecule has 2 rings (SSSR count). The first-order chi connectivity index (χ1) is 6.77. The third kappa shape index (κ3) is 2.35. The summed E-state index contributed by atoms with van der Waals surface area (Å²) >= 11 is 3.41. The van der Waals surface area contributed by atoms with Crippen molar-refractivity contribution < 1.29 is 9.53 Å². The Hall–Kier alpha value is -0.830. The number of ether oxygens (including phenoxy) is 1. The fourth-order valence-corrected chi connectivity index (χ4v) is 1.82. The van der Waals surface area contributed by atoms with Crippen LogP contribution >= 0.6 is 15.9 Å². The molecular formula is C11H13BrO2. The Balaban J connectivity index is 0.000000461. The monoisotopic (exact) mass is 256 g/mol. The molecule has 3 heteroatoms. The summed E-state index contributed by atoms with van der Waals surface area (Å²) in [5, 5.41) is 0. The van der Waals surface area contributed by atoms with E-state index in [2.05, 4.69) is 15.9 Å². The van der Waals surface area contributed by atoms with Gasteiger partial charge in [0.25, 0.3) is 0 Å². The maximum atomic E-state index is 10.9. The quantitative estimate of drug-likeness (QED) is 0.526. The summed E-state index contributed by atoms with van der Waals surface area (Å²) in [6.45, 7) is 4.00. The van der Waals surface area contributed by atoms with Crippen molar-refractivity contribution in [3.63, 3.8) is 0 Å². The van der Waals surface area contributed by atoms with Crippen LogP contribution in [-0.2, 0) is 11.2 Å². The second kappa shape index (κ2) is 5.15. The highest BCUT2D eigenvalue weighted by Gasteiger charge is 2.18. The molecule has 76 valence electrons. The molecule has 1 aliphatic heterocycles. The predicted octanol–water partition coefficient (Wildman–Crippen LogP) is 3.33. The van der Waals surface area contributed by atoms with E-state index < -0.39 is 0 Å². The van der Waals surface area contributed by atoms with Crippen molar-refractivity contribution in [1.29, 1.82) is 0 Å². The van der Waals surface area contributed by atoms with Gasteiger partial charge in [0.1, 0.15) is 5.75 Å². The highest BCUT2D eigenvalue weighted by Crippen LogP contribution is 2.31. The Bertz CT molecular complexity index is 334. The molecule has 0 amide bonds. The van der Waals surface area contributed by atoms with E-state index in [9.17, 15) is 4.79 Å². The standard InChI is InChI=1S/C9H7BrO2.C2H6/c10-7-2-1-3-8-6(7)4-5-9(11)12-8;1-2/h1-3H,4-5H2;1-2H3. The van der Waals surface area contributed by atoms with Gasteiger partial charge >= 0.3 is 5.97 Å². The molecule has 0 aromatic heterocycles. The van der Waals surface area contributed by atoms with Crippen molar-refractivity contribution >= 4 is 21.9 Å². The number of carbonyl (C=O) groups is 1. The zero-order valence-electron chi connectivity index (χ0n) is 8.34. The van der Waals surface area contributed by atoms with E-state index in [1.165, 1.54) is 0 Å². The predicted molar refractivity (Wildman–Crippen MR) is 59.4 cm³/mol. The summed E-state index contributed by atoms with van der Waals surface area (Å²) in [4.78, 5) is 10.9. The summed E-state index contributed by atoms with van der Waals surface area (Å²) in [7, 11) is 0. The summed E-state index contributed by atoms with van der Waals surface area (Å²) in [6.07, 6.45) is 1.26. The highest BCUT2D eigenvalue weighted by molar-refractivity contribution is 9.10. The topological polar surface area (TPSA) is 26.3 Å². The number of rotatable bonds is 0. The third-order valence-corrected chi connectivity index (χ3v) is 2.62. The zero-order chi connectivity index (χ0) is 10.6. The number of carbonyl (C=O) groups excluding carboxylic acids is 1. The number of esters is 1. The van der Waals surface area contributed by atoms with Crippen LogP contribution in [0.4, 0.5) is 0 Å². The van der Waals surface area contributed by atoms with Gasteiger partial charge in [-0.05, 0) is 18.6 Å². The van der Waals surface area contributed by atoms with Crippen molar-refractivity contribution in [2.24, 2.45) is 0 Å². The first-order valence-electron chi connectivity index (χ1n) is 4.75. The number of hydrogen-bond donors (Lipinski definition) is 0. The molecule has 0 N–H and O–H groups in total. The fourth-order valence-electron chi connectivity index (χ4n) is 1.28. The van der Waals surface area contributed by atoms with Crippen molar-refractivity contribution in [3.05, 3.63) is 28.2 Å². The molecule has 1 aliphatic rings. The molecule has 1 aromatic rings. The Kier molecular flexibility index (Phi) is 4.14. The van der Waals surface area contributed by atoms with E-state index in [1.54, 1.807) is 0 Å². The summed E-state index contributed by atoms with van der Waals surface area (Å²) < 4.78 is 6.06. The fraction of sp³-hybridized carbons (Fsp3) is 0.364. The van der Waals surface area contributed by atoms with Crippen molar-refractivity contribution in [1.82, 2.24) is 0 Å². The molecule has 0 spiro atoms. The van der Waals surface area contributed by atoms with Crippen molar-refractivity contribution in [2.75, 3.05) is 0 Å². The summed E-state index contributed by atoms with van der Waals surface area (Å²) in [5.74, 6) is 0.557. The Morgan fingerprint density at radius 2 is 2.00 bits per heavy atom. The van der Waals surface area contributed by atoms with Crippen LogP contribution in [0, 0.1) is 0 Å². The van der Waals surface area contributed by atoms with Crippen LogP contribution in [0.2, 0.25) is 0 Å². The zero-order valence-corrected chi connectivity index (χ0v) is 9.93. The molecule has 0 aliphatic carbocycles. The van der Waals surface area contributed by atoms with Gasteiger partial charge in [-0.25, -0.2) is 0 Å². The van der Waals surface area contributed by atoms with Gasteiger partial charge in [0.2, 0.25) is 0 Å². The van der Waals surface area contributed by atoms with Crippen LogP contribution in [0.15, 0.2) is 22.7 Å². The van der Waals surface area contributed by atoms with Crippen LogP contribution in [0.3, 0.4) is 0 Å². The van der Waals surface area contributed by atoms with E-state index in [1.807, 2.05) is 32.0 Å². The van der Waals surface area contributed by atoms with E-state index in [0.717, 1.165) is 16.5 Å². The maximum Gasteiger partial charge on any atom is 0.311 e. The summed E-state index contributed by atoms with van der Waals surface area (Å²) in [5.41, 5.74) is 1.09. The van der Waals surface area contributed by atoms with Crippen molar-refractivity contribution in [3.8, 4) is 5.75 Å². The highest BCUT2D eigenvalue weighted by atomic mass is 79.9. The molecule has 0 fully saturated rings. The van der Waals surface area contributed by atoms with E-state index in [-0.39, 0.29) is 5.97 Å². The molecule has 0 atom stereocenters. The Morgan fingerprint density at radius 3 is 2.71 bits per heavy atom. The number of halogens is 1. The van der Waals surface area contributed by atoms with Crippen LogP contribution in [0.1, 0.15) is 25.8 Å².